The molecule has 0 radical (unpaired) electrons. The number of benzene rings is 2. The Kier molecular flexibility index (Phi) is 8.11. The summed E-state index contributed by atoms with van der Waals surface area (Å²) in [5, 5.41) is 1.16. The molecule has 1 aliphatic rings. The first-order chi connectivity index (χ1) is 18.0. The molecular weight excluding hydrogens is 544 g/mol. The number of nitrogens with one attached hydrogen (secondary N) is 1. The first-order valence-electron chi connectivity index (χ1n) is 11.4. The van der Waals surface area contributed by atoms with E-state index in [4.69, 9.17) is 27.8 Å². The van der Waals surface area contributed by atoms with Gasteiger partial charge in [-0.05, 0) is 55.1 Å². The van der Waals surface area contributed by atoms with Crippen molar-refractivity contribution in [1.29, 1.82) is 0 Å². The molecule has 0 saturated heterocycles. The number of ether oxygens (including phenoxy) is 1. The van der Waals surface area contributed by atoms with Crippen molar-refractivity contribution in [3.63, 3.8) is 0 Å². The fourth-order valence-corrected chi connectivity index (χ4v) is 4.85. The van der Waals surface area contributed by atoms with Crippen molar-refractivity contribution >= 4 is 33.4 Å². The van der Waals surface area contributed by atoms with Gasteiger partial charge in [-0.25, -0.2) is 18.7 Å². The Morgan fingerprint density at radius 1 is 1.24 bits per heavy atom. The van der Waals surface area contributed by atoms with E-state index < -0.39 is 44.5 Å². The van der Waals surface area contributed by atoms with Gasteiger partial charge in [0.15, 0.2) is 5.82 Å². The lowest BCUT2D eigenvalue weighted by Gasteiger charge is -2.20. The van der Waals surface area contributed by atoms with Crippen LogP contribution in [0.15, 0.2) is 36.5 Å². The minimum absolute atomic E-state index is 0.0222. The van der Waals surface area contributed by atoms with Crippen molar-refractivity contribution in [2.45, 2.75) is 24.7 Å². The van der Waals surface area contributed by atoms with E-state index in [0.29, 0.717) is 12.5 Å². The molecule has 6 N–H and O–H groups in total. The molecule has 38 heavy (non-hydrogen) atoms. The first-order valence-corrected chi connectivity index (χ1v) is 13.3. The maximum absolute atomic E-state index is 14.2. The molecule has 1 unspecified atom stereocenters. The van der Waals surface area contributed by atoms with E-state index in [1.807, 2.05) is 0 Å². The highest BCUT2D eigenvalue weighted by Crippen LogP contribution is 2.34. The third-order valence-corrected chi connectivity index (χ3v) is 7.59. The molecular formula is C24H24ClF2N5O5S. The summed E-state index contributed by atoms with van der Waals surface area (Å²) >= 11 is 5.85. The third-order valence-electron chi connectivity index (χ3n) is 6.04. The lowest BCUT2D eigenvalue weighted by atomic mass is 9.98. The molecule has 0 spiro atoms. The second-order valence-corrected chi connectivity index (χ2v) is 10.8. The molecule has 0 aliphatic heterocycles. The molecule has 10 nitrogen and oxygen atoms in total. The van der Waals surface area contributed by atoms with Gasteiger partial charge in [0.05, 0.1) is 16.9 Å². The zero-order valence-electron chi connectivity index (χ0n) is 19.8. The highest BCUT2D eigenvalue weighted by atomic mass is 35.5. The first kappa shape index (κ1) is 27.6. The minimum atomic E-state index is -4.61. The average Bonchev–Trinajstić information content (AvgIpc) is 3.69. The number of hydrogen-bond acceptors (Lipinski definition) is 8. The number of amides is 1. The van der Waals surface area contributed by atoms with E-state index >= 15 is 0 Å². The van der Waals surface area contributed by atoms with Crippen molar-refractivity contribution in [3.8, 4) is 17.1 Å². The van der Waals surface area contributed by atoms with Crippen molar-refractivity contribution in [2.75, 3.05) is 18.8 Å². The number of halogens is 3. The SMILES string of the molecule is NC(=O)c1ccc(C(CNCC2CC2)S(=O)(=O)O)c(-c2cnc(N)c(OCc3c(F)ccc(F)c3Cl)n2)c1. The maximum atomic E-state index is 14.2. The number of hydrogen-bond donors (Lipinski definition) is 4. The van der Waals surface area contributed by atoms with Crippen LogP contribution in [0.25, 0.3) is 11.3 Å². The Bertz CT molecular complexity index is 1490. The van der Waals surface area contributed by atoms with Gasteiger partial charge in [0.1, 0.15) is 23.5 Å². The molecule has 1 saturated carbocycles. The fraction of sp³-hybridized carbons (Fsp3) is 0.292. The van der Waals surface area contributed by atoms with Crippen LogP contribution in [0, 0.1) is 17.6 Å². The van der Waals surface area contributed by atoms with Gasteiger partial charge in [0, 0.05) is 23.2 Å². The van der Waals surface area contributed by atoms with Gasteiger partial charge >= 0.3 is 0 Å². The van der Waals surface area contributed by atoms with Gasteiger partial charge in [-0.3, -0.25) is 9.35 Å². The standard InChI is InChI=1S/C24H24ClF2N5O5S/c25-21-16(17(26)5-6-18(21)27)11-37-24-22(28)31-9-19(32-24)15-7-13(23(29)33)3-4-14(15)20(38(34,35)36)10-30-8-12-1-2-12/h3-7,9,12,20,30H,1-2,8,10-11H2,(H2,28,31)(H2,29,33)(H,34,35,36). The number of primary amides is 1. The molecule has 1 heterocycles. The van der Waals surface area contributed by atoms with E-state index in [1.165, 1.54) is 24.4 Å². The van der Waals surface area contributed by atoms with Crippen molar-refractivity contribution in [3.05, 3.63) is 69.9 Å². The lowest BCUT2D eigenvalue weighted by molar-refractivity contribution is 0.1000. The summed E-state index contributed by atoms with van der Waals surface area (Å²) in [7, 11) is -4.61. The molecule has 1 atom stereocenters. The van der Waals surface area contributed by atoms with Crippen LogP contribution in [0.4, 0.5) is 14.6 Å². The van der Waals surface area contributed by atoms with Gasteiger partial charge in [0.25, 0.3) is 16.0 Å². The fourth-order valence-electron chi connectivity index (χ4n) is 3.79. The summed E-state index contributed by atoms with van der Waals surface area (Å²) in [6, 6.07) is 5.75. The van der Waals surface area contributed by atoms with Crippen LogP contribution in [-0.2, 0) is 16.7 Å². The van der Waals surface area contributed by atoms with Crippen LogP contribution >= 0.6 is 11.6 Å². The van der Waals surface area contributed by atoms with E-state index in [9.17, 15) is 26.5 Å². The Morgan fingerprint density at radius 3 is 2.61 bits per heavy atom. The van der Waals surface area contributed by atoms with E-state index in [0.717, 1.165) is 25.0 Å². The summed E-state index contributed by atoms with van der Waals surface area (Å²) in [5.74, 6) is -2.49. The van der Waals surface area contributed by atoms with Crippen LogP contribution in [0.5, 0.6) is 5.88 Å². The summed E-state index contributed by atoms with van der Waals surface area (Å²) in [6.07, 6.45) is 3.29. The monoisotopic (exact) mass is 567 g/mol. The zero-order valence-corrected chi connectivity index (χ0v) is 21.4. The molecule has 202 valence electrons. The lowest BCUT2D eigenvalue weighted by Crippen LogP contribution is -2.29. The maximum Gasteiger partial charge on any atom is 0.273 e. The minimum Gasteiger partial charge on any atom is -0.470 e. The number of nitrogen functional groups attached to an aromatic ring is 1. The topological polar surface area (TPSA) is 171 Å². The molecule has 4 rings (SSSR count). The largest absolute Gasteiger partial charge is 0.470 e. The van der Waals surface area contributed by atoms with Crippen LogP contribution in [0.1, 0.15) is 39.6 Å². The van der Waals surface area contributed by atoms with Gasteiger partial charge in [-0.2, -0.15) is 8.42 Å². The number of aromatic nitrogens is 2. The number of anilines is 1. The van der Waals surface area contributed by atoms with Crippen LogP contribution in [-0.4, -0.2) is 41.9 Å². The molecule has 1 aromatic heterocycles. The van der Waals surface area contributed by atoms with Crippen LogP contribution in [0.2, 0.25) is 5.02 Å². The normalized spacial score (nSPS) is 14.3. The number of nitrogens with two attached hydrogens (primary N) is 2. The quantitative estimate of drug-likeness (QED) is 0.200. The van der Waals surface area contributed by atoms with Crippen molar-refractivity contribution in [1.82, 2.24) is 15.3 Å². The molecule has 1 amide bonds. The second-order valence-electron chi connectivity index (χ2n) is 8.83. The van der Waals surface area contributed by atoms with E-state index in [-0.39, 0.29) is 46.2 Å². The molecule has 14 heteroatoms. The number of carbonyl (C=O) groups excluding carboxylic acids is 1. The number of nitrogens with zero attached hydrogens (tertiary/aromatic N) is 2. The van der Waals surface area contributed by atoms with Gasteiger partial charge in [-0.15, -0.1) is 0 Å². The zero-order chi connectivity index (χ0) is 27.6. The Morgan fingerprint density at radius 2 is 1.95 bits per heavy atom. The Labute approximate surface area is 222 Å². The average molecular weight is 568 g/mol. The summed E-state index contributed by atoms with van der Waals surface area (Å²) in [6.45, 7) is -0.0708. The molecule has 1 fully saturated rings. The molecule has 1 aliphatic carbocycles. The highest BCUT2D eigenvalue weighted by Gasteiger charge is 2.30. The van der Waals surface area contributed by atoms with Crippen molar-refractivity contribution in [2.24, 2.45) is 11.7 Å². The van der Waals surface area contributed by atoms with Crippen molar-refractivity contribution < 1.29 is 31.3 Å². The number of carbonyl (C=O) groups is 1. The van der Waals surface area contributed by atoms with Gasteiger partial charge < -0.3 is 21.5 Å². The molecule has 2 aromatic carbocycles. The van der Waals surface area contributed by atoms with Gasteiger partial charge in [-0.1, -0.05) is 17.7 Å². The van der Waals surface area contributed by atoms with Crippen LogP contribution < -0.4 is 21.5 Å². The third kappa shape index (κ3) is 6.35. The highest BCUT2D eigenvalue weighted by molar-refractivity contribution is 7.86. The van der Waals surface area contributed by atoms with E-state index in [1.54, 1.807) is 0 Å². The predicted molar refractivity (Wildman–Crippen MR) is 136 cm³/mol. The second kappa shape index (κ2) is 11.2. The summed E-state index contributed by atoms with van der Waals surface area (Å²) < 4.78 is 68.2. The Balaban J connectivity index is 1.72. The van der Waals surface area contributed by atoms with Gasteiger partial charge in [0.2, 0.25) is 5.91 Å². The number of rotatable bonds is 11. The Hall–Kier alpha value is -3.39. The molecule has 0 bridgehead atoms. The van der Waals surface area contributed by atoms with E-state index in [2.05, 4.69) is 15.3 Å². The predicted octanol–water partition coefficient (Wildman–Crippen LogP) is 3.26. The summed E-state index contributed by atoms with van der Waals surface area (Å²) in [4.78, 5) is 20.1. The van der Waals surface area contributed by atoms with Crippen LogP contribution in [0.3, 0.4) is 0 Å². The smallest absolute Gasteiger partial charge is 0.273 e. The molecule has 3 aromatic rings. The summed E-state index contributed by atoms with van der Waals surface area (Å²) in [5.41, 5.74) is 11.3.